The third-order valence-corrected chi connectivity index (χ3v) is 4.23. The van der Waals surface area contributed by atoms with Crippen molar-refractivity contribution in [3.63, 3.8) is 0 Å². The van der Waals surface area contributed by atoms with Crippen LogP contribution in [0.25, 0.3) is 21.2 Å². The molecule has 1 heterocycles. The van der Waals surface area contributed by atoms with E-state index in [1.165, 1.54) is 0 Å². The monoisotopic (exact) mass is 322 g/mol. The minimum Gasteiger partial charge on any atom is -0.507 e. The maximum atomic E-state index is 14.1. The van der Waals surface area contributed by atoms with Gasteiger partial charge < -0.3 is 5.11 Å². The fourth-order valence-electron chi connectivity index (χ4n) is 1.98. The molecule has 1 aromatic heterocycles. The van der Waals surface area contributed by atoms with Crippen molar-refractivity contribution >= 4 is 37.4 Å². The first-order chi connectivity index (χ1) is 8.66. The SMILES string of the molecule is Oc1cc(Br)ccc1-c1c(F)sc2ccccc12. The zero-order valence-electron chi connectivity index (χ0n) is 9.15. The van der Waals surface area contributed by atoms with E-state index in [-0.39, 0.29) is 10.9 Å². The van der Waals surface area contributed by atoms with Crippen LogP contribution in [0.5, 0.6) is 5.75 Å². The van der Waals surface area contributed by atoms with E-state index in [0.29, 0.717) is 11.1 Å². The van der Waals surface area contributed by atoms with Crippen LogP contribution < -0.4 is 0 Å². The first-order valence-corrected chi connectivity index (χ1v) is 6.93. The van der Waals surface area contributed by atoms with Gasteiger partial charge in [0.25, 0.3) is 0 Å². The standard InChI is InChI=1S/C14H8BrFOS/c15-8-5-6-9(11(17)7-8)13-10-3-1-2-4-12(10)18-14(13)16/h1-7,17H. The summed E-state index contributed by atoms with van der Waals surface area (Å²) >= 11 is 4.37. The lowest BCUT2D eigenvalue weighted by Crippen LogP contribution is -1.80. The Hall–Kier alpha value is -1.39. The Morgan fingerprint density at radius 2 is 1.89 bits per heavy atom. The number of phenols is 1. The zero-order valence-corrected chi connectivity index (χ0v) is 11.6. The van der Waals surface area contributed by atoms with Crippen LogP contribution in [-0.2, 0) is 0 Å². The van der Waals surface area contributed by atoms with Gasteiger partial charge in [-0.15, -0.1) is 11.3 Å². The number of phenolic OH excluding ortho intramolecular Hbond substituents is 1. The summed E-state index contributed by atoms with van der Waals surface area (Å²) in [6.45, 7) is 0. The van der Waals surface area contributed by atoms with Crippen LogP contribution in [-0.4, -0.2) is 5.11 Å². The van der Waals surface area contributed by atoms with Crippen LogP contribution in [0.4, 0.5) is 4.39 Å². The van der Waals surface area contributed by atoms with Crippen LogP contribution in [0.2, 0.25) is 0 Å². The average Bonchev–Trinajstić information content (AvgIpc) is 2.66. The summed E-state index contributed by atoms with van der Waals surface area (Å²) in [7, 11) is 0. The number of hydrogen-bond acceptors (Lipinski definition) is 2. The van der Waals surface area contributed by atoms with Gasteiger partial charge in [-0.2, -0.15) is 4.39 Å². The van der Waals surface area contributed by atoms with Crippen molar-refractivity contribution in [1.29, 1.82) is 0 Å². The normalized spacial score (nSPS) is 11.0. The molecule has 4 heteroatoms. The van der Waals surface area contributed by atoms with Gasteiger partial charge >= 0.3 is 0 Å². The van der Waals surface area contributed by atoms with Crippen LogP contribution in [0.1, 0.15) is 0 Å². The molecule has 0 atom stereocenters. The van der Waals surface area contributed by atoms with Gasteiger partial charge in [0.15, 0.2) is 5.13 Å². The Morgan fingerprint density at radius 3 is 2.67 bits per heavy atom. The Labute approximate surface area is 116 Å². The molecule has 0 fully saturated rings. The van der Waals surface area contributed by atoms with Crippen LogP contribution in [0.3, 0.4) is 0 Å². The summed E-state index contributed by atoms with van der Waals surface area (Å²) < 4.78 is 15.7. The smallest absolute Gasteiger partial charge is 0.185 e. The number of rotatable bonds is 1. The topological polar surface area (TPSA) is 20.2 Å². The van der Waals surface area contributed by atoms with E-state index in [1.54, 1.807) is 18.2 Å². The lowest BCUT2D eigenvalue weighted by Gasteiger charge is -2.04. The molecule has 0 aliphatic heterocycles. The van der Waals surface area contributed by atoms with Crippen molar-refractivity contribution in [2.24, 2.45) is 0 Å². The van der Waals surface area contributed by atoms with Gasteiger partial charge in [-0.25, -0.2) is 0 Å². The van der Waals surface area contributed by atoms with Gasteiger partial charge in [0, 0.05) is 25.7 Å². The van der Waals surface area contributed by atoms with E-state index >= 15 is 0 Å². The predicted octanol–water partition coefficient (Wildman–Crippen LogP) is 5.18. The number of hydrogen-bond donors (Lipinski definition) is 1. The van der Waals surface area contributed by atoms with Crippen molar-refractivity contribution in [2.45, 2.75) is 0 Å². The number of halogens is 2. The van der Waals surface area contributed by atoms with E-state index < -0.39 is 0 Å². The third kappa shape index (κ3) is 1.82. The quantitative estimate of drug-likeness (QED) is 0.654. The Bertz CT molecular complexity index is 736. The van der Waals surface area contributed by atoms with Crippen molar-refractivity contribution in [1.82, 2.24) is 0 Å². The molecule has 0 radical (unpaired) electrons. The minimum atomic E-state index is -0.270. The second kappa shape index (κ2) is 4.37. The molecule has 2 aromatic carbocycles. The summed E-state index contributed by atoms with van der Waals surface area (Å²) in [6, 6.07) is 12.6. The number of aromatic hydroxyl groups is 1. The summed E-state index contributed by atoms with van der Waals surface area (Å²) in [5.41, 5.74) is 0.994. The highest BCUT2D eigenvalue weighted by Gasteiger charge is 2.16. The van der Waals surface area contributed by atoms with Crippen molar-refractivity contribution < 1.29 is 9.50 Å². The van der Waals surface area contributed by atoms with Gasteiger partial charge in [-0.05, 0) is 24.3 Å². The molecule has 0 saturated heterocycles. The van der Waals surface area contributed by atoms with Gasteiger partial charge in [-0.3, -0.25) is 0 Å². The molecule has 3 rings (SSSR count). The second-order valence-corrected chi connectivity index (χ2v) is 5.83. The van der Waals surface area contributed by atoms with E-state index in [9.17, 15) is 9.50 Å². The predicted molar refractivity (Wildman–Crippen MR) is 76.6 cm³/mol. The van der Waals surface area contributed by atoms with Crippen LogP contribution in [0.15, 0.2) is 46.9 Å². The number of benzene rings is 2. The molecular weight excluding hydrogens is 315 g/mol. The molecule has 18 heavy (non-hydrogen) atoms. The molecule has 0 aliphatic carbocycles. The number of fused-ring (bicyclic) bond motifs is 1. The molecule has 3 aromatic rings. The van der Waals surface area contributed by atoms with E-state index in [1.807, 2.05) is 24.3 Å². The average molecular weight is 323 g/mol. The minimum absolute atomic E-state index is 0.0758. The zero-order chi connectivity index (χ0) is 12.7. The lowest BCUT2D eigenvalue weighted by atomic mass is 10.0. The molecule has 0 saturated carbocycles. The van der Waals surface area contributed by atoms with Gasteiger partial charge in [-0.1, -0.05) is 34.1 Å². The molecule has 90 valence electrons. The van der Waals surface area contributed by atoms with Crippen molar-refractivity contribution in [2.75, 3.05) is 0 Å². The highest BCUT2D eigenvalue weighted by Crippen LogP contribution is 2.41. The largest absolute Gasteiger partial charge is 0.507 e. The van der Waals surface area contributed by atoms with Crippen LogP contribution in [0, 0.1) is 5.13 Å². The maximum Gasteiger partial charge on any atom is 0.185 e. The van der Waals surface area contributed by atoms with Gasteiger partial charge in [0.2, 0.25) is 0 Å². The maximum absolute atomic E-state index is 14.1. The van der Waals surface area contributed by atoms with Crippen molar-refractivity contribution in [3.05, 3.63) is 52.1 Å². The third-order valence-electron chi connectivity index (χ3n) is 2.78. The summed E-state index contributed by atoms with van der Waals surface area (Å²) in [4.78, 5) is 0. The highest BCUT2D eigenvalue weighted by atomic mass is 79.9. The molecule has 1 nitrogen and oxygen atoms in total. The molecule has 0 amide bonds. The summed E-state index contributed by atoms with van der Waals surface area (Å²) in [6.07, 6.45) is 0. The molecular formula is C14H8BrFOS. The summed E-state index contributed by atoms with van der Waals surface area (Å²) in [5.74, 6) is 0.0758. The Morgan fingerprint density at radius 1 is 1.11 bits per heavy atom. The summed E-state index contributed by atoms with van der Waals surface area (Å²) in [5, 5.41) is 10.5. The Kier molecular flexibility index (Phi) is 2.84. The van der Waals surface area contributed by atoms with Gasteiger partial charge in [0.1, 0.15) is 5.75 Å². The molecule has 0 spiro atoms. The van der Waals surface area contributed by atoms with E-state index in [4.69, 9.17) is 0 Å². The fourth-order valence-corrected chi connectivity index (χ4v) is 3.27. The molecule has 1 N–H and O–H groups in total. The van der Waals surface area contributed by atoms with Crippen LogP contribution >= 0.6 is 27.3 Å². The van der Waals surface area contributed by atoms with Crippen molar-refractivity contribution in [3.8, 4) is 16.9 Å². The fraction of sp³-hybridized carbons (Fsp3) is 0. The molecule has 0 unspecified atom stereocenters. The second-order valence-electron chi connectivity index (χ2n) is 3.91. The lowest BCUT2D eigenvalue weighted by molar-refractivity contribution is 0.476. The van der Waals surface area contributed by atoms with Gasteiger partial charge in [0.05, 0.1) is 0 Å². The first-order valence-electron chi connectivity index (χ1n) is 5.33. The molecule has 0 bridgehead atoms. The Balaban J connectivity index is 2.34. The van der Waals surface area contributed by atoms with E-state index in [0.717, 1.165) is 25.9 Å². The van der Waals surface area contributed by atoms with E-state index in [2.05, 4.69) is 15.9 Å². The highest BCUT2D eigenvalue weighted by molar-refractivity contribution is 9.10. The first kappa shape index (κ1) is 11.7. The molecule has 0 aliphatic rings. The number of thiophene rings is 1.